The van der Waals surface area contributed by atoms with Crippen LogP contribution in [0.1, 0.15) is 19.3 Å². The van der Waals surface area contributed by atoms with E-state index < -0.39 is 0 Å². The maximum Gasteiger partial charge on any atom is 0.221 e. The van der Waals surface area contributed by atoms with Crippen molar-refractivity contribution in [1.29, 1.82) is 0 Å². The first-order valence-corrected chi connectivity index (χ1v) is 6.49. The van der Waals surface area contributed by atoms with Gasteiger partial charge in [0.05, 0.1) is 5.75 Å². The molecule has 0 aromatic heterocycles. The molecule has 0 unspecified atom stereocenters. The number of carbonyl (C=O) groups is 1. The number of amides is 1. The van der Waals surface area contributed by atoms with Gasteiger partial charge in [-0.2, -0.15) is 0 Å². The SMILES string of the molecule is C#CCSCCNCCC(=O)NC1CC1. The van der Waals surface area contributed by atoms with Crippen LogP contribution in [0.25, 0.3) is 0 Å². The lowest BCUT2D eigenvalue weighted by Gasteiger charge is -2.04. The van der Waals surface area contributed by atoms with E-state index >= 15 is 0 Å². The van der Waals surface area contributed by atoms with Crippen molar-refractivity contribution in [3.63, 3.8) is 0 Å². The van der Waals surface area contributed by atoms with Gasteiger partial charge in [-0.1, -0.05) is 5.92 Å². The van der Waals surface area contributed by atoms with Crippen LogP contribution in [-0.2, 0) is 4.79 Å². The summed E-state index contributed by atoms with van der Waals surface area (Å²) in [6.45, 7) is 1.68. The third-order valence-electron chi connectivity index (χ3n) is 2.08. The van der Waals surface area contributed by atoms with E-state index in [0.29, 0.717) is 12.5 Å². The molecule has 1 amide bonds. The Hall–Kier alpha value is -0.660. The molecule has 3 nitrogen and oxygen atoms in total. The minimum absolute atomic E-state index is 0.168. The number of terminal acetylenes is 1. The molecule has 1 rings (SSSR count). The topological polar surface area (TPSA) is 41.1 Å². The average Bonchev–Trinajstić information content (AvgIpc) is 3.00. The van der Waals surface area contributed by atoms with E-state index in [-0.39, 0.29) is 5.91 Å². The number of thioether (sulfide) groups is 1. The minimum Gasteiger partial charge on any atom is -0.353 e. The molecule has 4 heteroatoms. The quantitative estimate of drug-likeness (QED) is 0.471. The summed E-state index contributed by atoms with van der Waals surface area (Å²) in [7, 11) is 0. The zero-order valence-electron chi connectivity index (χ0n) is 8.92. The first kappa shape index (κ1) is 12.4. The fraction of sp³-hybridized carbons (Fsp3) is 0.727. The van der Waals surface area contributed by atoms with E-state index in [1.165, 1.54) is 0 Å². The highest BCUT2D eigenvalue weighted by atomic mass is 32.2. The van der Waals surface area contributed by atoms with Crippen molar-refractivity contribution >= 4 is 17.7 Å². The smallest absolute Gasteiger partial charge is 0.221 e. The second-order valence-electron chi connectivity index (χ2n) is 3.60. The summed E-state index contributed by atoms with van der Waals surface area (Å²) in [4.78, 5) is 11.2. The third kappa shape index (κ3) is 7.29. The first-order chi connectivity index (χ1) is 7.33. The van der Waals surface area contributed by atoms with Crippen LogP contribution in [0, 0.1) is 12.3 Å². The number of rotatable bonds is 8. The summed E-state index contributed by atoms with van der Waals surface area (Å²) in [5.41, 5.74) is 0. The molecular weight excluding hydrogens is 208 g/mol. The average molecular weight is 226 g/mol. The Morgan fingerprint density at radius 3 is 2.93 bits per heavy atom. The number of hydrogen-bond acceptors (Lipinski definition) is 3. The van der Waals surface area contributed by atoms with Crippen LogP contribution in [0.3, 0.4) is 0 Å². The van der Waals surface area contributed by atoms with Crippen molar-refractivity contribution in [3.05, 3.63) is 0 Å². The van der Waals surface area contributed by atoms with E-state index in [9.17, 15) is 4.79 Å². The summed E-state index contributed by atoms with van der Waals surface area (Å²) in [6, 6.07) is 0.476. The monoisotopic (exact) mass is 226 g/mol. The lowest BCUT2D eigenvalue weighted by Crippen LogP contribution is -2.29. The zero-order valence-corrected chi connectivity index (χ0v) is 9.74. The molecule has 2 N–H and O–H groups in total. The molecule has 0 aliphatic heterocycles. The summed E-state index contributed by atoms with van der Waals surface area (Å²) < 4.78 is 0. The molecule has 1 saturated carbocycles. The van der Waals surface area contributed by atoms with E-state index in [0.717, 1.165) is 37.4 Å². The minimum atomic E-state index is 0.168. The van der Waals surface area contributed by atoms with E-state index in [2.05, 4.69) is 16.6 Å². The third-order valence-corrected chi connectivity index (χ3v) is 2.94. The molecule has 0 aromatic rings. The van der Waals surface area contributed by atoms with Crippen molar-refractivity contribution < 1.29 is 4.79 Å². The Bertz CT molecular complexity index is 233. The van der Waals surface area contributed by atoms with Crippen LogP contribution in [0.4, 0.5) is 0 Å². The van der Waals surface area contributed by atoms with Gasteiger partial charge in [-0.15, -0.1) is 18.2 Å². The number of hydrogen-bond donors (Lipinski definition) is 2. The van der Waals surface area contributed by atoms with Crippen LogP contribution >= 0.6 is 11.8 Å². The number of carbonyl (C=O) groups excluding carboxylic acids is 1. The van der Waals surface area contributed by atoms with Gasteiger partial charge in [-0.25, -0.2) is 0 Å². The fourth-order valence-electron chi connectivity index (χ4n) is 1.13. The molecule has 0 atom stereocenters. The molecule has 84 valence electrons. The lowest BCUT2D eigenvalue weighted by molar-refractivity contribution is -0.121. The molecule has 0 heterocycles. The highest BCUT2D eigenvalue weighted by Gasteiger charge is 2.22. The Kier molecular flexibility index (Phi) is 6.29. The largest absolute Gasteiger partial charge is 0.353 e. The Balaban J connectivity index is 1.79. The zero-order chi connectivity index (χ0) is 10.9. The molecule has 0 saturated heterocycles. The van der Waals surface area contributed by atoms with Crippen molar-refractivity contribution in [2.45, 2.75) is 25.3 Å². The molecular formula is C11H18N2OS. The Labute approximate surface area is 95.8 Å². The molecule has 1 aliphatic carbocycles. The van der Waals surface area contributed by atoms with Crippen molar-refractivity contribution in [3.8, 4) is 12.3 Å². The van der Waals surface area contributed by atoms with Gasteiger partial charge >= 0.3 is 0 Å². The van der Waals surface area contributed by atoms with Gasteiger partial charge in [0.2, 0.25) is 5.91 Å². The fourth-order valence-corrected chi connectivity index (χ4v) is 1.68. The summed E-state index contributed by atoms with van der Waals surface area (Å²) in [5.74, 6) is 4.52. The second kappa shape index (κ2) is 7.61. The van der Waals surface area contributed by atoms with E-state index in [1.54, 1.807) is 11.8 Å². The molecule has 0 bridgehead atoms. The molecule has 0 radical (unpaired) electrons. The van der Waals surface area contributed by atoms with Crippen LogP contribution in [0.15, 0.2) is 0 Å². The van der Waals surface area contributed by atoms with Gasteiger partial charge in [-0.3, -0.25) is 4.79 Å². The van der Waals surface area contributed by atoms with Gasteiger partial charge in [-0.05, 0) is 12.8 Å². The molecule has 1 aliphatic rings. The Morgan fingerprint density at radius 2 is 2.27 bits per heavy atom. The van der Waals surface area contributed by atoms with Gasteiger partial charge in [0.25, 0.3) is 0 Å². The molecule has 0 aromatic carbocycles. The highest BCUT2D eigenvalue weighted by molar-refractivity contribution is 7.99. The molecule has 1 fully saturated rings. The second-order valence-corrected chi connectivity index (χ2v) is 4.70. The van der Waals surface area contributed by atoms with Gasteiger partial charge in [0.15, 0.2) is 0 Å². The van der Waals surface area contributed by atoms with Crippen LogP contribution < -0.4 is 10.6 Å². The van der Waals surface area contributed by atoms with Crippen molar-refractivity contribution in [1.82, 2.24) is 10.6 Å². The summed E-state index contributed by atoms with van der Waals surface area (Å²) in [5, 5.41) is 6.17. The predicted molar refractivity (Wildman–Crippen MR) is 64.8 cm³/mol. The number of nitrogens with one attached hydrogen (secondary N) is 2. The van der Waals surface area contributed by atoms with Crippen LogP contribution in [-0.4, -0.2) is 36.5 Å². The van der Waals surface area contributed by atoms with Gasteiger partial charge < -0.3 is 10.6 Å². The van der Waals surface area contributed by atoms with Gasteiger partial charge in [0, 0.05) is 31.3 Å². The Morgan fingerprint density at radius 1 is 1.47 bits per heavy atom. The first-order valence-electron chi connectivity index (χ1n) is 5.34. The summed E-state index contributed by atoms with van der Waals surface area (Å²) in [6.07, 6.45) is 8.01. The predicted octanol–water partition coefficient (Wildman–Crippen LogP) is 0.611. The summed E-state index contributed by atoms with van der Waals surface area (Å²) >= 11 is 1.73. The lowest BCUT2D eigenvalue weighted by atomic mass is 10.4. The standard InChI is InChI=1S/C11H18N2OS/c1-2-8-15-9-7-12-6-5-11(14)13-10-3-4-10/h1,10,12H,3-9H2,(H,13,14). The van der Waals surface area contributed by atoms with E-state index in [4.69, 9.17) is 6.42 Å². The molecule has 15 heavy (non-hydrogen) atoms. The van der Waals surface area contributed by atoms with Crippen LogP contribution in [0.5, 0.6) is 0 Å². The van der Waals surface area contributed by atoms with Crippen molar-refractivity contribution in [2.75, 3.05) is 24.6 Å². The van der Waals surface area contributed by atoms with E-state index in [1.807, 2.05) is 0 Å². The molecule has 0 spiro atoms. The van der Waals surface area contributed by atoms with Crippen LogP contribution in [0.2, 0.25) is 0 Å². The van der Waals surface area contributed by atoms with Gasteiger partial charge in [0.1, 0.15) is 0 Å². The highest BCUT2D eigenvalue weighted by Crippen LogP contribution is 2.18. The normalized spacial score (nSPS) is 14.6. The maximum absolute atomic E-state index is 11.2. The maximum atomic E-state index is 11.2. The van der Waals surface area contributed by atoms with Crippen molar-refractivity contribution in [2.24, 2.45) is 0 Å².